The average Bonchev–Trinajstić information content (AvgIpc) is 3.46. The summed E-state index contributed by atoms with van der Waals surface area (Å²) in [6, 6.07) is 33.0. The van der Waals surface area contributed by atoms with Crippen LogP contribution in [-0.4, -0.2) is 33.7 Å². The summed E-state index contributed by atoms with van der Waals surface area (Å²) >= 11 is 0. The molecule has 0 unspecified atom stereocenters. The number of para-hydroxylation sites is 2. The fraction of sp³-hybridized carbons (Fsp3) is 0.387. The number of anilines is 2. The fourth-order valence-corrected chi connectivity index (χ4v) is 16.7. The Morgan fingerprint density at radius 2 is 0.944 bits per heavy atom. The Morgan fingerprint density at radius 1 is 0.556 bits per heavy atom. The van der Waals surface area contributed by atoms with Crippen LogP contribution >= 0.6 is 0 Å². The number of benzene rings is 3. The van der Waals surface area contributed by atoms with Gasteiger partial charge in [0.15, 0.2) is 0 Å². The van der Waals surface area contributed by atoms with Crippen LogP contribution in [0.15, 0.2) is 91.0 Å². The Balaban J connectivity index is 1.99. The van der Waals surface area contributed by atoms with Gasteiger partial charge in [-0.05, 0) is 0 Å². The topological polar surface area (TPSA) is 12.3 Å². The maximum absolute atomic E-state index is 3.58. The zero-order valence-electron chi connectivity index (χ0n) is 23.4. The summed E-state index contributed by atoms with van der Waals surface area (Å²) in [5.41, 5.74) is 3.57. The first kappa shape index (κ1) is 24.6. The predicted molar refractivity (Wildman–Crippen MR) is 155 cm³/mol. The van der Waals surface area contributed by atoms with E-state index in [9.17, 15) is 0 Å². The third-order valence-electron chi connectivity index (χ3n) is 7.90. The summed E-state index contributed by atoms with van der Waals surface area (Å²) < 4.78 is 11.1. The molecule has 0 amide bonds. The molecule has 0 aromatic heterocycles. The van der Waals surface area contributed by atoms with Crippen LogP contribution in [-0.2, 0) is 0 Å². The molecule has 3 aromatic rings. The van der Waals surface area contributed by atoms with E-state index < -0.39 is 8.00 Å². The van der Waals surface area contributed by atoms with E-state index in [0.717, 1.165) is 0 Å². The molecule has 1 saturated heterocycles. The van der Waals surface area contributed by atoms with Crippen LogP contribution in [0.5, 0.6) is 0 Å². The molecule has 2 aliphatic rings. The third-order valence-corrected chi connectivity index (χ3v) is 16.3. The van der Waals surface area contributed by atoms with E-state index in [2.05, 4.69) is 171 Å². The number of rotatable bonds is 3. The standard InChI is InChI=1S/C31H42N4Si/c1-29(2,3)32-28(25-19-13-10-14-20-25)33(30(4,5)6)36(32,31(7,8)9)34(26-21-15-11-16-22-26)35(36)27-23-17-12-18-24-27/h10-24H,1-9H3. The van der Waals surface area contributed by atoms with Crippen molar-refractivity contribution in [2.24, 2.45) is 0 Å². The van der Waals surface area contributed by atoms with Crippen molar-refractivity contribution < 1.29 is 4.24 Å². The van der Waals surface area contributed by atoms with Crippen molar-refractivity contribution in [2.75, 3.05) is 9.35 Å². The molecular formula is C31H42N4Si. The normalized spacial score (nSPS) is 20.1. The molecule has 36 heavy (non-hydrogen) atoms. The minimum atomic E-state index is -3.58. The van der Waals surface area contributed by atoms with E-state index in [0.29, 0.717) is 0 Å². The van der Waals surface area contributed by atoms with Gasteiger partial charge in [0.25, 0.3) is 0 Å². The van der Waals surface area contributed by atoms with Gasteiger partial charge < -0.3 is 0 Å². The van der Waals surface area contributed by atoms with Crippen LogP contribution in [0.25, 0.3) is 0 Å². The molecule has 2 aliphatic heterocycles. The number of nitrogens with zero attached hydrogens (tertiary/aromatic N) is 4. The van der Waals surface area contributed by atoms with Gasteiger partial charge in [-0.25, -0.2) is 0 Å². The van der Waals surface area contributed by atoms with E-state index >= 15 is 0 Å². The molecule has 5 heteroatoms. The molecule has 0 radical (unpaired) electrons. The second-order valence-corrected chi connectivity index (χ2v) is 18.6. The zero-order valence-corrected chi connectivity index (χ0v) is 24.4. The molecule has 2 heterocycles. The summed E-state index contributed by atoms with van der Waals surface area (Å²) in [5.74, 6) is 1.33. The fourth-order valence-electron chi connectivity index (χ4n) is 7.07. The first-order valence-corrected chi connectivity index (χ1v) is 15.5. The van der Waals surface area contributed by atoms with Crippen molar-refractivity contribution in [3.63, 3.8) is 0 Å². The van der Waals surface area contributed by atoms with Crippen LogP contribution in [0, 0.1) is 0 Å². The molecule has 0 bridgehead atoms. The Kier molecular flexibility index (Phi) is 5.12. The Bertz CT molecular complexity index is 1250. The van der Waals surface area contributed by atoms with Crippen LogP contribution in [0.4, 0.5) is 11.4 Å². The van der Waals surface area contributed by atoms with E-state index in [1.807, 2.05) is 0 Å². The first-order valence-electron chi connectivity index (χ1n) is 13.2. The van der Waals surface area contributed by atoms with Crippen molar-refractivity contribution in [1.82, 2.24) is 4.57 Å². The number of hydrogen-bond donors (Lipinski definition) is 0. The summed E-state index contributed by atoms with van der Waals surface area (Å²) in [6.07, 6.45) is 0. The molecule has 0 saturated carbocycles. The number of amidine groups is 1. The second-order valence-electron chi connectivity index (χ2n) is 13.3. The van der Waals surface area contributed by atoms with Crippen LogP contribution in [0.2, 0.25) is 5.04 Å². The first-order chi connectivity index (χ1) is 16.8. The van der Waals surface area contributed by atoms with Gasteiger partial charge in [0.05, 0.1) is 0 Å². The zero-order chi connectivity index (χ0) is 26.2. The van der Waals surface area contributed by atoms with E-state index in [4.69, 9.17) is 0 Å². The molecule has 1 spiro atoms. The van der Waals surface area contributed by atoms with Crippen molar-refractivity contribution in [3.8, 4) is 0 Å². The summed E-state index contributed by atoms with van der Waals surface area (Å²) in [4.78, 5) is 0. The van der Waals surface area contributed by atoms with Crippen molar-refractivity contribution >= 4 is 25.2 Å². The summed E-state index contributed by atoms with van der Waals surface area (Å²) in [6.45, 7) is 21.7. The molecule has 0 atom stereocenters. The van der Waals surface area contributed by atoms with E-state index in [1.165, 1.54) is 22.8 Å². The van der Waals surface area contributed by atoms with Crippen LogP contribution in [0.1, 0.15) is 67.9 Å². The number of hydrazine groups is 1. The molecule has 0 N–H and O–H groups in total. The summed E-state index contributed by atoms with van der Waals surface area (Å²) in [7, 11) is -3.58. The number of hydrogen-bond acceptors (Lipinski definition) is 3. The van der Waals surface area contributed by atoms with Gasteiger partial charge in [-0.3, -0.25) is 0 Å². The maximum atomic E-state index is 2.84. The Morgan fingerprint density at radius 3 is 1.28 bits per heavy atom. The van der Waals surface area contributed by atoms with Gasteiger partial charge in [0.2, 0.25) is 0 Å². The molecule has 4 nitrogen and oxygen atoms in total. The van der Waals surface area contributed by atoms with Crippen LogP contribution in [0.3, 0.4) is 0 Å². The predicted octanol–water partition coefficient (Wildman–Crippen LogP) is 7.49. The van der Waals surface area contributed by atoms with E-state index in [-0.39, 0.29) is 16.1 Å². The van der Waals surface area contributed by atoms with Crippen LogP contribution < -0.4 is 9.35 Å². The Labute approximate surface area is 218 Å². The molecular weight excluding hydrogens is 456 g/mol. The van der Waals surface area contributed by atoms with E-state index in [1.54, 1.807) is 0 Å². The molecule has 5 rings (SSSR count). The van der Waals surface area contributed by atoms with Crippen molar-refractivity contribution in [3.05, 3.63) is 96.6 Å². The van der Waals surface area contributed by atoms with Gasteiger partial charge in [-0.15, -0.1) is 0 Å². The van der Waals surface area contributed by atoms with Crippen molar-refractivity contribution in [2.45, 2.75) is 78.4 Å². The van der Waals surface area contributed by atoms with Crippen molar-refractivity contribution in [1.29, 1.82) is 0 Å². The van der Waals surface area contributed by atoms with Gasteiger partial charge in [-0.1, -0.05) is 0 Å². The SMILES string of the molecule is CC(C)(C)N1C(c2ccccc2)=[N+](C(C)(C)C)[Si-]12(C(C)(C)C)N(c1ccccc1)N2c1ccccc1. The summed E-state index contributed by atoms with van der Waals surface area (Å²) in [5, 5.41) is -0.0650. The molecule has 190 valence electrons. The monoisotopic (exact) mass is 498 g/mol. The van der Waals surface area contributed by atoms with Gasteiger partial charge >= 0.3 is 218 Å². The van der Waals surface area contributed by atoms with Gasteiger partial charge in [0.1, 0.15) is 0 Å². The molecule has 3 aromatic carbocycles. The second kappa shape index (κ2) is 7.48. The molecule has 0 aliphatic carbocycles. The van der Waals surface area contributed by atoms with Gasteiger partial charge in [-0.2, -0.15) is 0 Å². The molecule has 1 fully saturated rings. The third kappa shape index (κ3) is 2.83. The Hall–Kier alpha value is -3.05. The average molecular weight is 499 g/mol. The minimum absolute atomic E-state index is 0.0650. The van der Waals surface area contributed by atoms with Gasteiger partial charge in [0, 0.05) is 0 Å². The quantitative estimate of drug-likeness (QED) is 0.274.